The van der Waals surface area contributed by atoms with Gasteiger partial charge in [0.1, 0.15) is 0 Å². The van der Waals surface area contributed by atoms with Gasteiger partial charge in [-0.3, -0.25) is 9.69 Å². The highest BCUT2D eigenvalue weighted by Crippen LogP contribution is 2.06. The summed E-state index contributed by atoms with van der Waals surface area (Å²) >= 11 is 0. The molecule has 0 bridgehead atoms. The van der Waals surface area contributed by atoms with Gasteiger partial charge in [0.15, 0.2) is 5.96 Å². The van der Waals surface area contributed by atoms with Crippen LogP contribution >= 0.6 is 24.0 Å². The van der Waals surface area contributed by atoms with Crippen molar-refractivity contribution in [3.63, 3.8) is 0 Å². The van der Waals surface area contributed by atoms with Gasteiger partial charge in [0.2, 0.25) is 5.91 Å². The number of hydrogen-bond acceptors (Lipinski definition) is 3. The summed E-state index contributed by atoms with van der Waals surface area (Å²) in [5.74, 6) is 0.359. The third-order valence-corrected chi connectivity index (χ3v) is 3.96. The number of guanidine groups is 1. The van der Waals surface area contributed by atoms with E-state index in [1.807, 2.05) is 19.1 Å². The molecule has 0 spiro atoms. The topological polar surface area (TPSA) is 82.7 Å². The Morgan fingerprint density at radius 3 is 2.38 bits per heavy atom. The average Bonchev–Trinajstić information content (AvgIpc) is 2.55. The molecular formula is C19H34IN5O. The van der Waals surface area contributed by atoms with Crippen molar-refractivity contribution < 1.29 is 4.79 Å². The van der Waals surface area contributed by atoms with Crippen LogP contribution in [-0.2, 0) is 6.54 Å². The summed E-state index contributed by atoms with van der Waals surface area (Å²) in [7, 11) is 0. The average molecular weight is 475 g/mol. The first kappa shape index (κ1) is 24.7. The number of halogens is 1. The molecule has 0 saturated heterocycles. The highest BCUT2D eigenvalue weighted by atomic mass is 127. The van der Waals surface area contributed by atoms with Gasteiger partial charge in [-0.05, 0) is 52.3 Å². The zero-order valence-electron chi connectivity index (χ0n) is 16.6. The van der Waals surface area contributed by atoms with E-state index >= 15 is 0 Å². The van der Waals surface area contributed by atoms with Crippen LogP contribution in [0.2, 0.25) is 0 Å². The van der Waals surface area contributed by atoms with Crippen molar-refractivity contribution in [2.75, 3.05) is 19.6 Å². The number of carbonyl (C=O) groups excluding carboxylic acids is 1. The molecule has 0 unspecified atom stereocenters. The molecule has 0 radical (unpaired) electrons. The van der Waals surface area contributed by atoms with Crippen LogP contribution in [0.15, 0.2) is 29.3 Å². The molecule has 0 heterocycles. The molecule has 26 heavy (non-hydrogen) atoms. The Balaban J connectivity index is 0.00000625. The number of carbonyl (C=O) groups is 1. The van der Waals surface area contributed by atoms with E-state index in [0.29, 0.717) is 24.2 Å². The monoisotopic (exact) mass is 475 g/mol. The molecule has 0 aliphatic heterocycles. The smallest absolute Gasteiger partial charge is 0.248 e. The molecule has 0 aliphatic rings. The fourth-order valence-electron chi connectivity index (χ4n) is 2.75. The second-order valence-electron chi connectivity index (χ2n) is 6.61. The second-order valence-corrected chi connectivity index (χ2v) is 6.61. The maximum atomic E-state index is 11.3. The summed E-state index contributed by atoms with van der Waals surface area (Å²) in [5.41, 5.74) is 6.79. The number of nitrogens with zero attached hydrogens (tertiary/aromatic N) is 2. The third-order valence-electron chi connectivity index (χ3n) is 3.96. The van der Waals surface area contributed by atoms with E-state index in [1.54, 1.807) is 12.1 Å². The molecule has 0 fully saturated rings. The van der Waals surface area contributed by atoms with Crippen molar-refractivity contribution >= 4 is 35.8 Å². The number of nitrogens with one attached hydrogen (secondary N) is 2. The van der Waals surface area contributed by atoms with Gasteiger partial charge in [-0.15, -0.1) is 24.0 Å². The van der Waals surface area contributed by atoms with Crippen molar-refractivity contribution in [3.05, 3.63) is 35.4 Å². The van der Waals surface area contributed by atoms with Crippen LogP contribution in [0, 0.1) is 0 Å². The standard InChI is InChI=1S/C19H33N5O.HI/c1-6-21-19(22-10-11-24(14(2)3)15(4)5)23-13-16-8-7-9-17(12-16)18(20)25;/h7-9,12,14-15H,6,10-11,13H2,1-5H3,(H2,20,25)(H2,21,22,23);1H. The minimum atomic E-state index is -0.418. The summed E-state index contributed by atoms with van der Waals surface area (Å²) in [6.45, 7) is 14.0. The van der Waals surface area contributed by atoms with E-state index < -0.39 is 5.91 Å². The van der Waals surface area contributed by atoms with Gasteiger partial charge in [0, 0.05) is 37.3 Å². The summed E-state index contributed by atoms with van der Waals surface area (Å²) < 4.78 is 0. The van der Waals surface area contributed by atoms with E-state index in [9.17, 15) is 4.79 Å². The molecular weight excluding hydrogens is 441 g/mol. The normalized spacial score (nSPS) is 11.6. The maximum Gasteiger partial charge on any atom is 0.248 e. The summed E-state index contributed by atoms with van der Waals surface area (Å²) in [5, 5.41) is 6.63. The van der Waals surface area contributed by atoms with Crippen LogP contribution in [0.3, 0.4) is 0 Å². The molecule has 1 amide bonds. The first-order valence-electron chi connectivity index (χ1n) is 9.01. The number of aliphatic imine (C=N–C) groups is 1. The Bertz CT molecular complexity index is 567. The second kappa shape index (κ2) is 12.9. The fourth-order valence-corrected chi connectivity index (χ4v) is 2.75. The molecule has 6 nitrogen and oxygen atoms in total. The van der Waals surface area contributed by atoms with Crippen LogP contribution < -0.4 is 16.4 Å². The minimum absolute atomic E-state index is 0. The zero-order valence-corrected chi connectivity index (χ0v) is 18.9. The molecule has 1 rings (SSSR count). The number of primary amides is 1. The number of benzene rings is 1. The molecule has 0 aromatic heterocycles. The quantitative estimate of drug-likeness (QED) is 0.291. The largest absolute Gasteiger partial charge is 0.366 e. The van der Waals surface area contributed by atoms with Gasteiger partial charge in [-0.25, -0.2) is 4.99 Å². The van der Waals surface area contributed by atoms with Crippen LogP contribution in [-0.4, -0.2) is 48.5 Å². The number of amides is 1. The van der Waals surface area contributed by atoms with Crippen LogP contribution in [0.1, 0.15) is 50.5 Å². The van der Waals surface area contributed by atoms with E-state index in [1.165, 1.54) is 0 Å². The molecule has 0 atom stereocenters. The van der Waals surface area contributed by atoms with Crippen molar-refractivity contribution in [3.8, 4) is 0 Å². The van der Waals surface area contributed by atoms with Crippen molar-refractivity contribution in [2.45, 2.75) is 53.2 Å². The molecule has 1 aromatic carbocycles. The van der Waals surface area contributed by atoms with Crippen LogP contribution in [0.5, 0.6) is 0 Å². The number of hydrogen-bond donors (Lipinski definition) is 3. The lowest BCUT2D eigenvalue weighted by Gasteiger charge is -2.30. The zero-order chi connectivity index (χ0) is 18.8. The lowest BCUT2D eigenvalue weighted by Crippen LogP contribution is -2.45. The molecule has 4 N–H and O–H groups in total. The lowest BCUT2D eigenvalue weighted by atomic mass is 10.1. The van der Waals surface area contributed by atoms with E-state index in [4.69, 9.17) is 5.73 Å². The van der Waals surface area contributed by atoms with Crippen molar-refractivity contribution in [1.82, 2.24) is 15.5 Å². The van der Waals surface area contributed by atoms with Gasteiger partial charge in [-0.2, -0.15) is 0 Å². The van der Waals surface area contributed by atoms with Crippen molar-refractivity contribution in [2.24, 2.45) is 10.7 Å². The summed E-state index contributed by atoms with van der Waals surface area (Å²) in [6.07, 6.45) is 0. The number of nitrogens with two attached hydrogens (primary N) is 1. The van der Waals surface area contributed by atoms with E-state index in [0.717, 1.165) is 31.2 Å². The fraction of sp³-hybridized carbons (Fsp3) is 0.579. The SMILES string of the molecule is CCNC(=NCc1cccc(C(N)=O)c1)NCCN(C(C)C)C(C)C.I. The lowest BCUT2D eigenvalue weighted by molar-refractivity contribution is 0.1000. The van der Waals surface area contributed by atoms with Gasteiger partial charge in [0.05, 0.1) is 6.54 Å². The first-order valence-corrected chi connectivity index (χ1v) is 9.01. The maximum absolute atomic E-state index is 11.3. The molecule has 148 valence electrons. The minimum Gasteiger partial charge on any atom is -0.366 e. The summed E-state index contributed by atoms with van der Waals surface area (Å²) in [4.78, 5) is 18.3. The Morgan fingerprint density at radius 2 is 1.85 bits per heavy atom. The Morgan fingerprint density at radius 1 is 1.19 bits per heavy atom. The van der Waals surface area contributed by atoms with E-state index in [-0.39, 0.29) is 24.0 Å². The van der Waals surface area contributed by atoms with Gasteiger partial charge < -0.3 is 16.4 Å². The molecule has 0 saturated carbocycles. The molecule has 7 heteroatoms. The summed E-state index contributed by atoms with van der Waals surface area (Å²) in [6, 6.07) is 8.29. The van der Waals surface area contributed by atoms with E-state index in [2.05, 4.69) is 48.2 Å². The highest BCUT2D eigenvalue weighted by molar-refractivity contribution is 14.0. The van der Waals surface area contributed by atoms with Gasteiger partial charge in [-0.1, -0.05) is 12.1 Å². The number of rotatable bonds is 9. The van der Waals surface area contributed by atoms with Gasteiger partial charge in [0.25, 0.3) is 0 Å². The molecule has 1 aromatic rings. The highest BCUT2D eigenvalue weighted by Gasteiger charge is 2.12. The Labute approximate surface area is 175 Å². The Hall–Kier alpha value is -1.35. The predicted octanol–water partition coefficient (Wildman–Crippen LogP) is 2.58. The van der Waals surface area contributed by atoms with Crippen LogP contribution in [0.25, 0.3) is 0 Å². The van der Waals surface area contributed by atoms with Crippen molar-refractivity contribution in [1.29, 1.82) is 0 Å². The first-order chi connectivity index (χ1) is 11.8. The predicted molar refractivity (Wildman–Crippen MR) is 120 cm³/mol. The Kier molecular flexibility index (Phi) is 12.2. The van der Waals surface area contributed by atoms with Crippen LogP contribution in [0.4, 0.5) is 0 Å². The molecule has 0 aliphatic carbocycles. The van der Waals surface area contributed by atoms with Gasteiger partial charge >= 0.3 is 0 Å². The third kappa shape index (κ3) is 8.84.